The second kappa shape index (κ2) is 7.36. The van der Waals surface area contributed by atoms with Crippen molar-refractivity contribution in [3.8, 4) is 0 Å². The third kappa shape index (κ3) is 5.36. The normalized spacial score (nSPS) is 14.3. The first-order valence-corrected chi connectivity index (χ1v) is 10.2. The van der Waals surface area contributed by atoms with Crippen molar-refractivity contribution in [2.24, 2.45) is 0 Å². The van der Waals surface area contributed by atoms with E-state index in [2.05, 4.69) is 51.3 Å². The SMILES string of the molecule is CC(C)(C)[Si](C)(C)OC[C@H](CO)NCc1ccccc1. The number of hydrogen-bond acceptors (Lipinski definition) is 3. The van der Waals surface area contributed by atoms with E-state index in [4.69, 9.17) is 4.43 Å². The van der Waals surface area contributed by atoms with E-state index in [0.29, 0.717) is 6.61 Å². The molecule has 0 aliphatic rings. The van der Waals surface area contributed by atoms with E-state index >= 15 is 0 Å². The molecule has 0 saturated carbocycles. The largest absolute Gasteiger partial charge is 0.415 e. The Labute approximate surface area is 124 Å². The van der Waals surface area contributed by atoms with E-state index in [-0.39, 0.29) is 17.7 Å². The molecule has 1 aromatic rings. The Morgan fingerprint density at radius 1 is 1.20 bits per heavy atom. The van der Waals surface area contributed by atoms with Crippen molar-refractivity contribution in [2.75, 3.05) is 13.2 Å². The second-order valence-corrected chi connectivity index (χ2v) is 11.6. The highest BCUT2D eigenvalue weighted by Crippen LogP contribution is 2.36. The Kier molecular flexibility index (Phi) is 6.39. The smallest absolute Gasteiger partial charge is 0.192 e. The van der Waals surface area contributed by atoms with Gasteiger partial charge < -0.3 is 14.8 Å². The summed E-state index contributed by atoms with van der Waals surface area (Å²) < 4.78 is 6.15. The Morgan fingerprint density at radius 3 is 2.30 bits per heavy atom. The fourth-order valence-electron chi connectivity index (χ4n) is 1.56. The molecule has 0 saturated heterocycles. The van der Waals surface area contributed by atoms with E-state index in [1.807, 2.05) is 18.2 Å². The summed E-state index contributed by atoms with van der Waals surface area (Å²) in [5, 5.41) is 13.0. The number of aliphatic hydroxyl groups excluding tert-OH is 1. The van der Waals surface area contributed by atoms with Crippen molar-refractivity contribution in [3.63, 3.8) is 0 Å². The van der Waals surface area contributed by atoms with Gasteiger partial charge in [0, 0.05) is 6.54 Å². The molecule has 0 bridgehead atoms. The topological polar surface area (TPSA) is 41.5 Å². The Hall–Kier alpha value is -0.683. The van der Waals surface area contributed by atoms with Crippen LogP contribution in [0.1, 0.15) is 26.3 Å². The highest BCUT2D eigenvalue weighted by Gasteiger charge is 2.37. The molecule has 4 heteroatoms. The van der Waals surface area contributed by atoms with Crippen LogP contribution < -0.4 is 5.32 Å². The lowest BCUT2D eigenvalue weighted by Crippen LogP contribution is -2.46. The molecule has 0 radical (unpaired) electrons. The fraction of sp³-hybridized carbons (Fsp3) is 0.625. The first kappa shape index (κ1) is 17.4. The number of hydrogen-bond donors (Lipinski definition) is 2. The maximum Gasteiger partial charge on any atom is 0.192 e. The van der Waals surface area contributed by atoms with E-state index < -0.39 is 8.32 Å². The predicted octanol–water partition coefficient (Wildman–Crippen LogP) is 3.16. The van der Waals surface area contributed by atoms with Gasteiger partial charge in [-0.2, -0.15) is 0 Å². The second-order valence-electron chi connectivity index (χ2n) is 6.82. The van der Waals surface area contributed by atoms with E-state index in [1.165, 1.54) is 5.56 Å². The van der Waals surface area contributed by atoms with Gasteiger partial charge in [-0.25, -0.2) is 0 Å². The van der Waals surface area contributed by atoms with Crippen LogP contribution in [-0.2, 0) is 11.0 Å². The maximum atomic E-state index is 9.48. The fourth-order valence-corrected chi connectivity index (χ4v) is 2.61. The highest BCUT2D eigenvalue weighted by atomic mass is 28.4. The summed E-state index contributed by atoms with van der Waals surface area (Å²) in [6, 6.07) is 10.2. The maximum absolute atomic E-state index is 9.48. The quantitative estimate of drug-likeness (QED) is 0.759. The molecule has 1 rings (SSSR count). The van der Waals surface area contributed by atoms with Gasteiger partial charge in [-0.3, -0.25) is 0 Å². The monoisotopic (exact) mass is 295 g/mol. The van der Waals surface area contributed by atoms with Crippen LogP contribution >= 0.6 is 0 Å². The lowest BCUT2D eigenvalue weighted by Gasteiger charge is -2.37. The third-order valence-electron chi connectivity index (χ3n) is 4.11. The molecule has 0 fully saturated rings. The molecule has 20 heavy (non-hydrogen) atoms. The minimum absolute atomic E-state index is 0.00988. The lowest BCUT2D eigenvalue weighted by atomic mass is 10.2. The molecule has 0 aliphatic heterocycles. The van der Waals surface area contributed by atoms with E-state index in [0.717, 1.165) is 6.54 Å². The van der Waals surface area contributed by atoms with Crippen molar-refractivity contribution < 1.29 is 9.53 Å². The Bertz CT molecular complexity index is 387. The van der Waals surface area contributed by atoms with Gasteiger partial charge in [0.2, 0.25) is 0 Å². The summed E-state index contributed by atoms with van der Waals surface area (Å²) in [6.45, 7) is 12.6. The standard InChI is InChI=1S/C16H29NO2Si/c1-16(2,3)20(4,5)19-13-15(12-18)17-11-14-9-7-6-8-10-14/h6-10,15,17-18H,11-13H2,1-5H3/t15-/m0/s1. The van der Waals surface area contributed by atoms with Gasteiger partial charge in [0.15, 0.2) is 8.32 Å². The molecule has 1 aromatic carbocycles. The van der Waals surface area contributed by atoms with Crippen molar-refractivity contribution >= 4 is 8.32 Å². The molecular formula is C16H29NO2Si. The zero-order chi connectivity index (χ0) is 15.2. The molecule has 0 aliphatic carbocycles. The summed E-state index contributed by atoms with van der Waals surface area (Å²) in [5.41, 5.74) is 1.22. The van der Waals surface area contributed by atoms with Crippen LogP contribution in [0.25, 0.3) is 0 Å². The average molecular weight is 295 g/mol. The highest BCUT2D eigenvalue weighted by molar-refractivity contribution is 6.74. The minimum atomic E-state index is -1.74. The van der Waals surface area contributed by atoms with Gasteiger partial charge >= 0.3 is 0 Å². The Balaban J connectivity index is 2.44. The van der Waals surface area contributed by atoms with Crippen LogP contribution in [0.5, 0.6) is 0 Å². The summed E-state index contributed by atoms with van der Waals surface area (Å²) in [6.07, 6.45) is 0. The molecule has 0 aromatic heterocycles. The van der Waals surface area contributed by atoms with Gasteiger partial charge in [-0.05, 0) is 23.7 Å². The zero-order valence-corrected chi connectivity index (χ0v) is 14.4. The van der Waals surface area contributed by atoms with Crippen molar-refractivity contribution in [2.45, 2.75) is 51.5 Å². The molecule has 3 nitrogen and oxygen atoms in total. The zero-order valence-electron chi connectivity index (χ0n) is 13.4. The molecule has 0 heterocycles. The predicted molar refractivity (Wildman–Crippen MR) is 87.3 cm³/mol. The molecule has 114 valence electrons. The first-order chi connectivity index (χ1) is 9.26. The van der Waals surface area contributed by atoms with E-state index in [1.54, 1.807) is 0 Å². The van der Waals surface area contributed by atoms with Crippen LogP contribution in [0.2, 0.25) is 18.1 Å². The number of aliphatic hydroxyl groups is 1. The van der Waals surface area contributed by atoms with Crippen LogP contribution in [0.15, 0.2) is 30.3 Å². The minimum Gasteiger partial charge on any atom is -0.415 e. The van der Waals surface area contributed by atoms with Crippen molar-refractivity contribution in [1.29, 1.82) is 0 Å². The molecule has 0 spiro atoms. The van der Waals surface area contributed by atoms with Crippen molar-refractivity contribution in [3.05, 3.63) is 35.9 Å². The van der Waals surface area contributed by atoms with Gasteiger partial charge in [0.05, 0.1) is 19.3 Å². The summed E-state index contributed by atoms with van der Waals surface area (Å²) in [4.78, 5) is 0. The van der Waals surface area contributed by atoms with Gasteiger partial charge in [-0.1, -0.05) is 51.1 Å². The van der Waals surface area contributed by atoms with Crippen LogP contribution in [0.3, 0.4) is 0 Å². The van der Waals surface area contributed by atoms with Crippen LogP contribution in [-0.4, -0.2) is 32.7 Å². The number of benzene rings is 1. The van der Waals surface area contributed by atoms with Crippen molar-refractivity contribution in [1.82, 2.24) is 5.32 Å². The van der Waals surface area contributed by atoms with Crippen LogP contribution in [0, 0.1) is 0 Å². The molecule has 0 unspecified atom stereocenters. The summed E-state index contributed by atoms with van der Waals surface area (Å²) in [5.74, 6) is 0. The van der Waals surface area contributed by atoms with Gasteiger partial charge in [0.1, 0.15) is 0 Å². The lowest BCUT2D eigenvalue weighted by molar-refractivity contribution is 0.173. The number of rotatable bonds is 7. The Morgan fingerprint density at radius 2 is 1.80 bits per heavy atom. The third-order valence-corrected chi connectivity index (χ3v) is 8.61. The molecule has 0 amide bonds. The van der Waals surface area contributed by atoms with Gasteiger partial charge in [-0.15, -0.1) is 0 Å². The summed E-state index contributed by atoms with van der Waals surface area (Å²) >= 11 is 0. The molecular weight excluding hydrogens is 266 g/mol. The molecule has 1 atom stereocenters. The number of nitrogens with one attached hydrogen (secondary N) is 1. The van der Waals surface area contributed by atoms with Crippen LogP contribution in [0.4, 0.5) is 0 Å². The average Bonchev–Trinajstić information content (AvgIpc) is 2.39. The van der Waals surface area contributed by atoms with E-state index in [9.17, 15) is 5.11 Å². The van der Waals surface area contributed by atoms with Gasteiger partial charge in [0.25, 0.3) is 0 Å². The molecule has 2 N–H and O–H groups in total. The first-order valence-electron chi connectivity index (χ1n) is 7.28. The summed E-state index contributed by atoms with van der Waals surface area (Å²) in [7, 11) is -1.74.